The molecule has 6 atom stereocenters. The van der Waals surface area contributed by atoms with Gasteiger partial charge in [-0.15, -0.1) is 0 Å². The van der Waals surface area contributed by atoms with Crippen LogP contribution in [0.25, 0.3) is 0 Å². The molecule has 0 spiro atoms. The number of rotatable bonds is 0. The third-order valence-corrected chi connectivity index (χ3v) is 4.54. The lowest BCUT2D eigenvalue weighted by atomic mass is 10.3. The van der Waals surface area contributed by atoms with Crippen molar-refractivity contribution in [2.75, 3.05) is 28.2 Å². The number of carbonyl (C=O) groups excluding carboxylic acids is 2. The third kappa shape index (κ3) is 1.63. The normalized spacial score (nSPS) is 44.4. The molecule has 4 rings (SSSR count). The van der Waals surface area contributed by atoms with Crippen LogP contribution in [0.4, 0.5) is 9.59 Å². The maximum atomic E-state index is 12.0. The van der Waals surface area contributed by atoms with E-state index in [1.54, 1.807) is 28.2 Å². The summed E-state index contributed by atoms with van der Waals surface area (Å²) in [7, 11) is 6.55. The van der Waals surface area contributed by atoms with Crippen LogP contribution in [0.15, 0.2) is 0 Å². The van der Waals surface area contributed by atoms with Crippen LogP contribution in [0.2, 0.25) is 0 Å². The van der Waals surface area contributed by atoms with Crippen LogP contribution in [0.1, 0.15) is 0 Å². The number of likely N-dealkylation sites (N-methyl/N-ethyl adjacent to an activating group) is 4. The molecule has 0 aromatic heterocycles. The van der Waals surface area contributed by atoms with Gasteiger partial charge in [-0.1, -0.05) is 0 Å². The zero-order valence-corrected chi connectivity index (χ0v) is 12.7. The van der Waals surface area contributed by atoms with Crippen molar-refractivity contribution < 1.29 is 28.5 Å². The van der Waals surface area contributed by atoms with E-state index in [0.29, 0.717) is 0 Å². The van der Waals surface area contributed by atoms with Crippen LogP contribution in [-0.2, 0) is 18.9 Å². The lowest BCUT2D eigenvalue weighted by molar-refractivity contribution is -0.438. The quantitative estimate of drug-likeness (QED) is 0.572. The molecular formula is C12H18N4O6. The first-order valence-electron chi connectivity index (χ1n) is 7.01. The lowest BCUT2D eigenvalue weighted by Crippen LogP contribution is -2.62. The summed E-state index contributed by atoms with van der Waals surface area (Å²) < 4.78 is 23.3. The number of nitrogens with zero attached hydrogens (tertiary/aromatic N) is 4. The van der Waals surface area contributed by atoms with E-state index in [1.165, 1.54) is 19.6 Å². The van der Waals surface area contributed by atoms with E-state index in [-0.39, 0.29) is 12.1 Å². The Hall–Kier alpha value is -1.62. The van der Waals surface area contributed by atoms with Gasteiger partial charge in [0, 0.05) is 28.2 Å². The van der Waals surface area contributed by atoms with Crippen molar-refractivity contribution >= 4 is 12.1 Å². The predicted molar refractivity (Wildman–Crippen MR) is 68.9 cm³/mol. The molecule has 122 valence electrons. The smallest absolute Gasteiger partial charge is 0.319 e. The zero-order chi connectivity index (χ0) is 15.8. The van der Waals surface area contributed by atoms with Gasteiger partial charge in [0.1, 0.15) is 0 Å². The number of carbonyl (C=O) groups is 2. The first-order valence-corrected chi connectivity index (χ1v) is 7.01. The second-order valence-corrected chi connectivity index (χ2v) is 5.85. The van der Waals surface area contributed by atoms with Gasteiger partial charge in [0.25, 0.3) is 0 Å². The minimum absolute atomic E-state index is 0.196. The number of urea groups is 2. The summed E-state index contributed by atoms with van der Waals surface area (Å²) in [5.41, 5.74) is 0. The summed E-state index contributed by atoms with van der Waals surface area (Å²) in [5, 5.41) is 0. The van der Waals surface area contributed by atoms with E-state index in [9.17, 15) is 9.59 Å². The average molecular weight is 314 g/mol. The molecule has 22 heavy (non-hydrogen) atoms. The molecule has 10 heteroatoms. The predicted octanol–water partition coefficient (Wildman–Crippen LogP) is -0.969. The van der Waals surface area contributed by atoms with Crippen molar-refractivity contribution in [2.45, 2.75) is 37.5 Å². The molecular weight excluding hydrogens is 296 g/mol. The van der Waals surface area contributed by atoms with Gasteiger partial charge < -0.3 is 18.9 Å². The van der Waals surface area contributed by atoms with Gasteiger partial charge in [0.05, 0.1) is 0 Å². The van der Waals surface area contributed by atoms with E-state index in [1.807, 2.05) is 0 Å². The molecule has 0 bridgehead atoms. The maximum Gasteiger partial charge on any atom is 0.323 e. The minimum Gasteiger partial charge on any atom is -0.319 e. The molecule has 10 nitrogen and oxygen atoms in total. The molecule has 0 radical (unpaired) electrons. The van der Waals surface area contributed by atoms with E-state index < -0.39 is 37.5 Å². The summed E-state index contributed by atoms with van der Waals surface area (Å²) in [4.78, 5) is 29.7. The highest BCUT2D eigenvalue weighted by molar-refractivity contribution is 5.77. The van der Waals surface area contributed by atoms with Crippen molar-refractivity contribution in [3.63, 3.8) is 0 Å². The highest BCUT2D eigenvalue weighted by Crippen LogP contribution is 2.37. The Morgan fingerprint density at radius 3 is 1.05 bits per heavy atom. The van der Waals surface area contributed by atoms with Crippen LogP contribution in [-0.4, -0.2) is 97.3 Å². The van der Waals surface area contributed by atoms with Gasteiger partial charge in [-0.05, 0) is 0 Å². The van der Waals surface area contributed by atoms with Crippen LogP contribution in [0.3, 0.4) is 0 Å². The fraction of sp³-hybridized carbons (Fsp3) is 0.833. The van der Waals surface area contributed by atoms with E-state index in [0.717, 1.165) is 0 Å². The van der Waals surface area contributed by atoms with Gasteiger partial charge in [-0.25, -0.2) is 9.59 Å². The molecule has 4 aliphatic rings. The number of hydrogen-bond acceptors (Lipinski definition) is 6. The van der Waals surface area contributed by atoms with Gasteiger partial charge in [0.2, 0.25) is 12.6 Å². The van der Waals surface area contributed by atoms with Crippen molar-refractivity contribution in [1.29, 1.82) is 0 Å². The van der Waals surface area contributed by atoms with Crippen molar-refractivity contribution in [2.24, 2.45) is 0 Å². The van der Waals surface area contributed by atoms with Gasteiger partial charge in [-0.2, -0.15) is 0 Å². The minimum atomic E-state index is -0.800. The van der Waals surface area contributed by atoms with Crippen LogP contribution in [0, 0.1) is 0 Å². The number of fused-ring (bicyclic) bond motifs is 3. The molecule has 2 unspecified atom stereocenters. The lowest BCUT2D eigenvalue weighted by Gasteiger charge is -2.45. The molecule has 0 aliphatic carbocycles. The molecule has 0 saturated carbocycles. The largest absolute Gasteiger partial charge is 0.323 e. The van der Waals surface area contributed by atoms with Gasteiger partial charge >= 0.3 is 12.1 Å². The van der Waals surface area contributed by atoms with Gasteiger partial charge in [0.15, 0.2) is 24.9 Å². The van der Waals surface area contributed by atoms with E-state index in [4.69, 9.17) is 18.9 Å². The van der Waals surface area contributed by atoms with Crippen LogP contribution in [0.5, 0.6) is 0 Å². The number of hydrogen-bond donors (Lipinski definition) is 0. The van der Waals surface area contributed by atoms with Crippen molar-refractivity contribution in [3.05, 3.63) is 0 Å². The topological polar surface area (TPSA) is 84.0 Å². The summed E-state index contributed by atoms with van der Waals surface area (Å²) in [6, 6.07) is -0.392. The number of ether oxygens (including phenoxy) is 4. The Morgan fingerprint density at radius 1 is 0.591 bits per heavy atom. The Bertz CT molecular complexity index is 446. The van der Waals surface area contributed by atoms with E-state index in [2.05, 4.69) is 0 Å². The van der Waals surface area contributed by atoms with E-state index >= 15 is 0 Å². The molecule has 4 amide bonds. The summed E-state index contributed by atoms with van der Waals surface area (Å²) in [6.07, 6.45) is -3.88. The first-order chi connectivity index (χ1) is 10.4. The highest BCUT2D eigenvalue weighted by atomic mass is 16.8. The Balaban J connectivity index is 1.57. The van der Waals surface area contributed by atoms with Crippen LogP contribution < -0.4 is 0 Å². The second-order valence-electron chi connectivity index (χ2n) is 5.85. The van der Waals surface area contributed by atoms with Crippen LogP contribution >= 0.6 is 0 Å². The molecule has 0 N–H and O–H groups in total. The fourth-order valence-electron chi connectivity index (χ4n) is 3.20. The molecule has 0 aromatic carbocycles. The molecule has 4 saturated heterocycles. The molecule has 4 heterocycles. The SMILES string of the molecule is CN1C(=O)N(C)[C@H]2OC3O[C@H]4[C@H](OC3O[C@H]21)N(C)C(=O)N4C. The molecule has 0 aromatic rings. The second kappa shape index (κ2) is 4.44. The van der Waals surface area contributed by atoms with Gasteiger partial charge in [-0.3, -0.25) is 19.6 Å². The standard InChI is InChI=1S/C12H18N4O6/c1-13-5-6(14(2)11(13)17)20-10-9(19-5)21-7-8(22-10)16(4)12(18)15(7)3/h5-10H,1-4H3/t5-,6-,7-,8+,9?,10?/m0/s1. The van der Waals surface area contributed by atoms with Crippen molar-refractivity contribution in [3.8, 4) is 0 Å². The summed E-state index contributed by atoms with van der Waals surface area (Å²) in [5.74, 6) is 0. The average Bonchev–Trinajstić information content (AvgIpc) is 2.85. The zero-order valence-electron chi connectivity index (χ0n) is 12.7. The fourth-order valence-corrected chi connectivity index (χ4v) is 3.20. The molecule has 4 aliphatic heterocycles. The Kier molecular flexibility index (Phi) is 2.83. The third-order valence-electron chi connectivity index (χ3n) is 4.54. The first kappa shape index (κ1) is 14.0. The summed E-state index contributed by atoms with van der Waals surface area (Å²) >= 11 is 0. The Labute approximate surface area is 127 Å². The summed E-state index contributed by atoms with van der Waals surface area (Å²) in [6.45, 7) is 0. The Morgan fingerprint density at radius 2 is 0.818 bits per heavy atom. The van der Waals surface area contributed by atoms with Crippen molar-refractivity contribution in [1.82, 2.24) is 19.6 Å². The monoisotopic (exact) mass is 314 g/mol. The highest BCUT2D eigenvalue weighted by Gasteiger charge is 2.58. The number of amides is 4. The molecule has 4 fully saturated rings. The maximum absolute atomic E-state index is 12.0.